The summed E-state index contributed by atoms with van der Waals surface area (Å²) in [6.45, 7) is 2.57. The lowest BCUT2D eigenvalue weighted by molar-refractivity contribution is -0.359. The summed E-state index contributed by atoms with van der Waals surface area (Å²) in [5.41, 5.74) is 0. The van der Waals surface area contributed by atoms with Crippen LogP contribution in [0, 0.1) is 0 Å². The lowest BCUT2D eigenvalue weighted by atomic mass is 9.97. The van der Waals surface area contributed by atoms with Gasteiger partial charge in [0.2, 0.25) is 5.91 Å². The van der Waals surface area contributed by atoms with E-state index in [1.807, 2.05) is 6.08 Å². The van der Waals surface area contributed by atoms with Crippen LogP contribution in [-0.4, -0.2) is 140 Å². The number of aliphatic hydroxyl groups excluding tert-OH is 8. The molecule has 0 aromatic rings. The minimum absolute atomic E-state index is 0.254. The van der Waals surface area contributed by atoms with Crippen molar-refractivity contribution in [1.29, 1.82) is 0 Å². The largest absolute Gasteiger partial charge is 0.394 e. The first-order valence-electron chi connectivity index (χ1n) is 23.7. The number of hydrogen-bond donors (Lipinski definition) is 9. The van der Waals surface area contributed by atoms with Crippen LogP contribution in [0.3, 0.4) is 0 Å². The zero-order valence-corrected chi connectivity index (χ0v) is 38.0. The predicted octanol–water partition coefficient (Wildman–Crippen LogP) is 5.26. The Morgan fingerprint density at radius 2 is 1.10 bits per heavy atom. The maximum absolute atomic E-state index is 13.1. The first-order chi connectivity index (χ1) is 30.6. The third kappa shape index (κ3) is 23.4. The fourth-order valence-electron chi connectivity index (χ4n) is 7.26. The molecule has 0 spiro atoms. The highest BCUT2D eigenvalue weighted by Crippen LogP contribution is 2.30. The quantitative estimate of drug-likeness (QED) is 0.0297. The number of carbonyl (C=O) groups excluding carboxylic acids is 1. The number of hydrogen-bond acceptors (Lipinski definition) is 13. The Balaban J connectivity index is 1.82. The van der Waals surface area contributed by atoms with Crippen LogP contribution in [0.1, 0.15) is 136 Å². The van der Waals surface area contributed by atoms with Gasteiger partial charge in [0, 0.05) is 6.42 Å². The summed E-state index contributed by atoms with van der Waals surface area (Å²) in [7, 11) is 0. The Hall–Kier alpha value is -2.57. The molecule has 63 heavy (non-hydrogen) atoms. The van der Waals surface area contributed by atoms with Gasteiger partial charge < -0.3 is 65.1 Å². The number of nitrogens with one attached hydrogen (secondary N) is 1. The molecule has 2 rings (SSSR count). The van der Waals surface area contributed by atoms with Crippen molar-refractivity contribution in [3.05, 3.63) is 72.9 Å². The lowest BCUT2D eigenvalue weighted by Gasteiger charge is -2.46. The first-order valence-corrected chi connectivity index (χ1v) is 23.7. The molecule has 2 fully saturated rings. The minimum Gasteiger partial charge on any atom is -0.394 e. The number of carbonyl (C=O) groups is 1. The van der Waals surface area contributed by atoms with Crippen molar-refractivity contribution in [3.8, 4) is 0 Å². The van der Waals surface area contributed by atoms with E-state index in [-0.39, 0.29) is 18.9 Å². The molecule has 2 saturated heterocycles. The molecule has 0 aromatic heterocycles. The van der Waals surface area contributed by atoms with E-state index in [0.717, 1.165) is 89.9 Å². The van der Waals surface area contributed by atoms with Crippen LogP contribution in [0.4, 0.5) is 0 Å². The first kappa shape index (κ1) is 56.6. The average Bonchev–Trinajstić information content (AvgIpc) is 3.28. The van der Waals surface area contributed by atoms with Crippen molar-refractivity contribution in [2.45, 2.75) is 209 Å². The molecule has 2 aliphatic rings. The van der Waals surface area contributed by atoms with Gasteiger partial charge in [-0.15, -0.1) is 0 Å². The van der Waals surface area contributed by atoms with Crippen LogP contribution >= 0.6 is 0 Å². The zero-order chi connectivity index (χ0) is 46.1. The number of amides is 1. The summed E-state index contributed by atoms with van der Waals surface area (Å²) in [6, 6.07) is -0.926. The monoisotopic (exact) mass is 894 g/mol. The molecule has 9 N–H and O–H groups in total. The van der Waals surface area contributed by atoms with Crippen LogP contribution in [0.2, 0.25) is 0 Å². The molecule has 14 nitrogen and oxygen atoms in total. The lowest BCUT2D eigenvalue weighted by Crippen LogP contribution is -2.65. The number of allylic oxidation sites excluding steroid dienone is 11. The van der Waals surface area contributed by atoms with Crippen molar-refractivity contribution in [3.63, 3.8) is 0 Å². The van der Waals surface area contributed by atoms with Gasteiger partial charge in [0.05, 0.1) is 32.0 Å². The third-order valence-corrected chi connectivity index (χ3v) is 11.1. The topological polar surface area (TPSA) is 228 Å². The molecular formula is C49H83NO13. The molecule has 2 heterocycles. The van der Waals surface area contributed by atoms with E-state index in [0.29, 0.717) is 6.42 Å². The Bertz CT molecular complexity index is 1330. The summed E-state index contributed by atoms with van der Waals surface area (Å²) in [4.78, 5) is 13.1. The van der Waals surface area contributed by atoms with Crippen molar-refractivity contribution in [1.82, 2.24) is 5.32 Å². The fourth-order valence-corrected chi connectivity index (χ4v) is 7.26. The van der Waals surface area contributed by atoms with Crippen molar-refractivity contribution < 1.29 is 64.6 Å². The van der Waals surface area contributed by atoms with Crippen LogP contribution in [0.25, 0.3) is 0 Å². The SMILES string of the molecule is CC/C=C\C/C=C\C/C=C\C/C=C\C/C=C\CCCCCCCC(=O)NC(COC1OC(CO)C(OC2OC(CO)C(O)C(O)C2O)C(O)C1O)C(O)/C=C/CCCCCCCC. The fraction of sp³-hybridized carbons (Fsp3) is 0.735. The third-order valence-electron chi connectivity index (χ3n) is 11.1. The zero-order valence-electron chi connectivity index (χ0n) is 38.0. The molecule has 14 heteroatoms. The van der Waals surface area contributed by atoms with Gasteiger partial charge in [-0.3, -0.25) is 4.79 Å². The average molecular weight is 894 g/mol. The van der Waals surface area contributed by atoms with E-state index in [2.05, 4.69) is 79.9 Å². The molecular weight excluding hydrogens is 811 g/mol. The number of rotatable bonds is 34. The van der Waals surface area contributed by atoms with Gasteiger partial charge in [0.1, 0.15) is 48.8 Å². The summed E-state index contributed by atoms with van der Waals surface area (Å²) in [6.07, 6.45) is 26.8. The minimum atomic E-state index is -1.79. The second-order valence-corrected chi connectivity index (χ2v) is 16.5. The van der Waals surface area contributed by atoms with E-state index in [1.165, 1.54) is 19.3 Å². The Morgan fingerprint density at radius 3 is 1.68 bits per heavy atom. The molecule has 1 amide bonds. The second kappa shape index (κ2) is 35.7. The number of ether oxygens (including phenoxy) is 4. The molecule has 0 radical (unpaired) electrons. The van der Waals surface area contributed by atoms with Gasteiger partial charge in [0.15, 0.2) is 12.6 Å². The summed E-state index contributed by atoms with van der Waals surface area (Å²) < 4.78 is 22.6. The van der Waals surface area contributed by atoms with Gasteiger partial charge in [-0.2, -0.15) is 0 Å². The van der Waals surface area contributed by atoms with Crippen LogP contribution in [0.15, 0.2) is 72.9 Å². The highest BCUT2D eigenvalue weighted by Gasteiger charge is 2.50. The highest BCUT2D eigenvalue weighted by molar-refractivity contribution is 5.76. The second-order valence-electron chi connectivity index (χ2n) is 16.5. The Morgan fingerprint density at radius 1 is 0.587 bits per heavy atom. The van der Waals surface area contributed by atoms with E-state index >= 15 is 0 Å². The molecule has 12 atom stereocenters. The van der Waals surface area contributed by atoms with Crippen LogP contribution in [-0.2, 0) is 23.7 Å². The van der Waals surface area contributed by atoms with Gasteiger partial charge in [-0.05, 0) is 64.2 Å². The molecule has 0 saturated carbocycles. The van der Waals surface area contributed by atoms with Crippen LogP contribution < -0.4 is 5.32 Å². The van der Waals surface area contributed by atoms with Crippen molar-refractivity contribution in [2.75, 3.05) is 19.8 Å². The molecule has 12 unspecified atom stereocenters. The number of unbranched alkanes of at least 4 members (excludes halogenated alkanes) is 11. The maximum Gasteiger partial charge on any atom is 0.220 e. The van der Waals surface area contributed by atoms with E-state index in [9.17, 15) is 45.6 Å². The predicted molar refractivity (Wildman–Crippen MR) is 244 cm³/mol. The summed E-state index contributed by atoms with van der Waals surface area (Å²) in [5.74, 6) is -0.267. The normalized spacial score (nSPS) is 28.2. The van der Waals surface area contributed by atoms with E-state index in [1.54, 1.807) is 6.08 Å². The Labute approximate surface area is 377 Å². The summed E-state index contributed by atoms with van der Waals surface area (Å²) in [5, 5.41) is 86.3. The van der Waals surface area contributed by atoms with Gasteiger partial charge in [-0.1, -0.05) is 138 Å². The molecule has 362 valence electrons. The molecule has 0 aliphatic carbocycles. The van der Waals surface area contributed by atoms with E-state index < -0.39 is 86.8 Å². The molecule has 0 bridgehead atoms. The van der Waals surface area contributed by atoms with Gasteiger partial charge >= 0.3 is 0 Å². The number of aliphatic hydroxyl groups is 8. The highest BCUT2D eigenvalue weighted by atomic mass is 16.7. The van der Waals surface area contributed by atoms with Gasteiger partial charge in [-0.25, -0.2) is 0 Å². The molecule has 0 aromatic carbocycles. The summed E-state index contributed by atoms with van der Waals surface area (Å²) >= 11 is 0. The van der Waals surface area contributed by atoms with Crippen molar-refractivity contribution in [2.24, 2.45) is 0 Å². The Kier molecular flexibility index (Phi) is 32.0. The smallest absolute Gasteiger partial charge is 0.220 e. The van der Waals surface area contributed by atoms with Crippen LogP contribution in [0.5, 0.6) is 0 Å². The maximum atomic E-state index is 13.1. The van der Waals surface area contributed by atoms with Crippen molar-refractivity contribution >= 4 is 5.91 Å². The molecule has 2 aliphatic heterocycles. The van der Waals surface area contributed by atoms with E-state index in [4.69, 9.17) is 18.9 Å². The van der Waals surface area contributed by atoms with Gasteiger partial charge in [0.25, 0.3) is 0 Å². The standard InChI is InChI=1S/C49H83NO13/c1-3-5-7-9-11-13-14-15-16-17-18-19-20-21-22-23-24-25-27-29-31-33-41(54)50-37(38(53)32-30-28-26-12-10-8-6-4-2)36-60-48-46(59)44(57)47(40(35-52)62-48)63-49-45(58)43(56)42(55)39(34-51)61-49/h5,7,11,13,15-16,18-19,21-22,30,32,37-40,42-49,51-53,55-59H,3-4,6,8-10,12,14,17,20,23-29,31,33-36H2,1-2H3,(H,50,54)/b7-5-,13-11-,16-15-,19-18-,22-21-,32-30+.